The van der Waals surface area contributed by atoms with Gasteiger partial charge in [0.05, 0.1) is 5.92 Å². The van der Waals surface area contributed by atoms with E-state index < -0.39 is 6.61 Å². The van der Waals surface area contributed by atoms with E-state index in [1.165, 1.54) is 6.07 Å². The summed E-state index contributed by atoms with van der Waals surface area (Å²) in [4.78, 5) is 11.8. The SMILES string of the molecule is O=C(NCc1ccccc1OC(F)F)C1CCNC1. The van der Waals surface area contributed by atoms with Crippen LogP contribution in [0.2, 0.25) is 0 Å². The van der Waals surface area contributed by atoms with Crippen LogP contribution in [0.25, 0.3) is 0 Å². The zero-order valence-corrected chi connectivity index (χ0v) is 10.4. The van der Waals surface area contributed by atoms with Gasteiger partial charge in [-0.3, -0.25) is 4.79 Å². The molecule has 104 valence electrons. The van der Waals surface area contributed by atoms with Crippen molar-refractivity contribution in [3.05, 3.63) is 29.8 Å². The highest BCUT2D eigenvalue weighted by molar-refractivity contribution is 5.79. The zero-order valence-electron chi connectivity index (χ0n) is 10.4. The van der Waals surface area contributed by atoms with Crippen LogP contribution in [0, 0.1) is 5.92 Å². The Balaban J connectivity index is 1.93. The highest BCUT2D eigenvalue weighted by Crippen LogP contribution is 2.20. The highest BCUT2D eigenvalue weighted by atomic mass is 19.3. The molecule has 0 aromatic heterocycles. The number of carbonyl (C=O) groups excluding carboxylic acids is 1. The second-order valence-electron chi connectivity index (χ2n) is 4.39. The maximum atomic E-state index is 12.2. The van der Waals surface area contributed by atoms with E-state index in [-0.39, 0.29) is 24.1 Å². The molecule has 6 heteroatoms. The largest absolute Gasteiger partial charge is 0.434 e. The maximum absolute atomic E-state index is 12.2. The van der Waals surface area contributed by atoms with Crippen LogP contribution in [0.15, 0.2) is 24.3 Å². The van der Waals surface area contributed by atoms with Crippen molar-refractivity contribution in [2.24, 2.45) is 5.92 Å². The van der Waals surface area contributed by atoms with Crippen LogP contribution in [0.4, 0.5) is 8.78 Å². The normalized spacial score (nSPS) is 18.6. The molecule has 1 unspecified atom stereocenters. The van der Waals surface area contributed by atoms with Gasteiger partial charge in [0.25, 0.3) is 0 Å². The van der Waals surface area contributed by atoms with Gasteiger partial charge in [0, 0.05) is 18.7 Å². The van der Waals surface area contributed by atoms with Gasteiger partial charge < -0.3 is 15.4 Å². The molecule has 1 aliphatic rings. The van der Waals surface area contributed by atoms with Gasteiger partial charge >= 0.3 is 6.61 Å². The standard InChI is InChI=1S/C13H16F2N2O2/c14-13(15)19-11-4-2-1-3-9(11)8-17-12(18)10-5-6-16-7-10/h1-4,10,13,16H,5-8H2,(H,17,18). The molecular weight excluding hydrogens is 254 g/mol. The van der Waals surface area contributed by atoms with Crippen molar-refractivity contribution in [3.63, 3.8) is 0 Å². The average molecular weight is 270 g/mol. The lowest BCUT2D eigenvalue weighted by molar-refractivity contribution is -0.124. The van der Waals surface area contributed by atoms with Gasteiger partial charge in [-0.15, -0.1) is 0 Å². The Morgan fingerprint density at radius 3 is 2.95 bits per heavy atom. The molecule has 4 nitrogen and oxygen atoms in total. The fourth-order valence-corrected chi connectivity index (χ4v) is 2.07. The van der Waals surface area contributed by atoms with Crippen LogP contribution >= 0.6 is 0 Å². The Labute approximate surface area is 110 Å². The van der Waals surface area contributed by atoms with Crippen LogP contribution < -0.4 is 15.4 Å². The van der Waals surface area contributed by atoms with Crippen molar-refractivity contribution in [1.29, 1.82) is 0 Å². The molecule has 0 spiro atoms. The van der Waals surface area contributed by atoms with Crippen molar-refractivity contribution in [1.82, 2.24) is 10.6 Å². The fraction of sp³-hybridized carbons (Fsp3) is 0.462. The molecule has 2 N–H and O–H groups in total. The molecular formula is C13H16F2N2O2. The molecule has 0 radical (unpaired) electrons. The first-order chi connectivity index (χ1) is 9.16. The van der Waals surface area contributed by atoms with Gasteiger partial charge in [-0.1, -0.05) is 18.2 Å². The van der Waals surface area contributed by atoms with Crippen molar-refractivity contribution >= 4 is 5.91 Å². The first-order valence-corrected chi connectivity index (χ1v) is 6.18. The number of rotatable bonds is 5. The number of halogens is 2. The second kappa shape index (κ2) is 6.47. The molecule has 1 aromatic carbocycles. The molecule has 0 saturated carbocycles. The predicted octanol–water partition coefficient (Wildman–Crippen LogP) is 1.51. The molecule has 1 saturated heterocycles. The van der Waals surface area contributed by atoms with Crippen LogP contribution in [-0.2, 0) is 11.3 Å². The van der Waals surface area contributed by atoms with E-state index in [0.717, 1.165) is 13.0 Å². The van der Waals surface area contributed by atoms with Crippen molar-refractivity contribution < 1.29 is 18.3 Å². The number of ether oxygens (including phenoxy) is 1. The molecule has 1 aromatic rings. The summed E-state index contributed by atoms with van der Waals surface area (Å²) in [5.74, 6) is 0.00220. The van der Waals surface area contributed by atoms with E-state index in [0.29, 0.717) is 12.1 Å². The monoisotopic (exact) mass is 270 g/mol. The summed E-state index contributed by atoms with van der Waals surface area (Å²) in [6.07, 6.45) is 0.807. The van der Waals surface area contributed by atoms with E-state index in [2.05, 4.69) is 15.4 Å². The van der Waals surface area contributed by atoms with E-state index in [1.807, 2.05) is 0 Å². The molecule has 1 amide bonds. The Kier molecular flexibility index (Phi) is 4.68. The second-order valence-corrected chi connectivity index (χ2v) is 4.39. The maximum Gasteiger partial charge on any atom is 0.387 e. The van der Waals surface area contributed by atoms with E-state index in [9.17, 15) is 13.6 Å². The van der Waals surface area contributed by atoms with Crippen LogP contribution in [0.1, 0.15) is 12.0 Å². The predicted molar refractivity (Wildman–Crippen MR) is 65.9 cm³/mol. The minimum absolute atomic E-state index is 0.0387. The summed E-state index contributed by atoms with van der Waals surface area (Å²) in [5, 5.41) is 5.85. The third kappa shape index (κ3) is 3.89. The first kappa shape index (κ1) is 13.7. The minimum atomic E-state index is -2.86. The molecule has 2 rings (SSSR count). The number of hydrogen-bond acceptors (Lipinski definition) is 3. The average Bonchev–Trinajstić information content (AvgIpc) is 2.90. The zero-order chi connectivity index (χ0) is 13.7. The third-order valence-electron chi connectivity index (χ3n) is 3.07. The quantitative estimate of drug-likeness (QED) is 0.852. The first-order valence-electron chi connectivity index (χ1n) is 6.18. The molecule has 1 fully saturated rings. The number of carbonyl (C=O) groups is 1. The van der Waals surface area contributed by atoms with Crippen molar-refractivity contribution in [3.8, 4) is 5.75 Å². The van der Waals surface area contributed by atoms with Crippen LogP contribution in [-0.4, -0.2) is 25.6 Å². The van der Waals surface area contributed by atoms with Gasteiger partial charge in [0.15, 0.2) is 0 Å². The lowest BCUT2D eigenvalue weighted by atomic mass is 10.1. The number of para-hydroxylation sites is 1. The van der Waals surface area contributed by atoms with Crippen molar-refractivity contribution in [2.75, 3.05) is 13.1 Å². The Morgan fingerprint density at radius 2 is 2.26 bits per heavy atom. The van der Waals surface area contributed by atoms with Gasteiger partial charge in [-0.05, 0) is 19.0 Å². The van der Waals surface area contributed by atoms with Gasteiger partial charge in [0.1, 0.15) is 5.75 Å². The van der Waals surface area contributed by atoms with Crippen LogP contribution in [0.3, 0.4) is 0 Å². The topological polar surface area (TPSA) is 50.4 Å². The number of benzene rings is 1. The van der Waals surface area contributed by atoms with E-state index in [4.69, 9.17) is 0 Å². The number of alkyl halides is 2. The summed E-state index contributed by atoms with van der Waals surface area (Å²) >= 11 is 0. The Hall–Kier alpha value is -1.69. The van der Waals surface area contributed by atoms with Crippen molar-refractivity contribution in [2.45, 2.75) is 19.6 Å². The summed E-state index contributed by atoms with van der Waals surface area (Å²) in [6.45, 7) is -1.17. The number of hydrogen-bond donors (Lipinski definition) is 2. The summed E-state index contributed by atoms with van der Waals surface area (Å²) < 4.78 is 28.9. The Morgan fingerprint density at radius 1 is 1.47 bits per heavy atom. The minimum Gasteiger partial charge on any atom is -0.434 e. The van der Waals surface area contributed by atoms with E-state index >= 15 is 0 Å². The third-order valence-corrected chi connectivity index (χ3v) is 3.07. The molecule has 1 aliphatic heterocycles. The summed E-state index contributed by atoms with van der Waals surface area (Å²) in [5.41, 5.74) is 0.544. The number of nitrogens with one attached hydrogen (secondary N) is 2. The lowest BCUT2D eigenvalue weighted by Gasteiger charge is -2.13. The lowest BCUT2D eigenvalue weighted by Crippen LogP contribution is -2.31. The highest BCUT2D eigenvalue weighted by Gasteiger charge is 2.22. The molecule has 0 bridgehead atoms. The smallest absolute Gasteiger partial charge is 0.387 e. The van der Waals surface area contributed by atoms with Gasteiger partial charge in [-0.25, -0.2) is 0 Å². The molecule has 1 heterocycles. The summed E-state index contributed by atoms with van der Waals surface area (Å²) in [7, 11) is 0. The number of amides is 1. The fourth-order valence-electron chi connectivity index (χ4n) is 2.07. The molecule has 19 heavy (non-hydrogen) atoms. The molecule has 1 atom stereocenters. The Bertz CT molecular complexity index is 434. The van der Waals surface area contributed by atoms with Gasteiger partial charge in [0.2, 0.25) is 5.91 Å². The molecule has 0 aliphatic carbocycles. The van der Waals surface area contributed by atoms with Crippen LogP contribution in [0.5, 0.6) is 5.75 Å². The summed E-state index contributed by atoms with van der Waals surface area (Å²) in [6, 6.07) is 6.45. The van der Waals surface area contributed by atoms with Gasteiger partial charge in [-0.2, -0.15) is 8.78 Å². The van der Waals surface area contributed by atoms with E-state index in [1.54, 1.807) is 18.2 Å².